The molecule has 0 saturated heterocycles. The average Bonchev–Trinajstić information content (AvgIpc) is 3.64. The maximum absolute atomic E-state index is 6.60. The summed E-state index contributed by atoms with van der Waals surface area (Å²) >= 11 is 0. The van der Waals surface area contributed by atoms with Crippen LogP contribution in [-0.2, 0) is 0 Å². The lowest BCUT2D eigenvalue weighted by Crippen LogP contribution is -2.13. The smallest absolute Gasteiger partial charge is 0.136 e. The first-order chi connectivity index (χ1) is 27.8. The molecule has 0 saturated carbocycles. The Morgan fingerprint density at radius 3 is 1.68 bits per heavy atom. The molecule has 0 bridgehead atoms. The highest BCUT2D eigenvalue weighted by molar-refractivity contribution is 6.18. The van der Waals surface area contributed by atoms with Crippen LogP contribution in [-0.4, -0.2) is 0 Å². The number of anilines is 3. The van der Waals surface area contributed by atoms with Crippen LogP contribution in [0.4, 0.5) is 17.1 Å². The van der Waals surface area contributed by atoms with Crippen LogP contribution in [0.15, 0.2) is 217 Å². The van der Waals surface area contributed by atoms with Gasteiger partial charge in [-0.05, 0) is 85.6 Å². The van der Waals surface area contributed by atoms with E-state index in [4.69, 9.17) is 4.42 Å². The number of furan rings is 1. The van der Waals surface area contributed by atoms with Crippen molar-refractivity contribution in [1.82, 2.24) is 0 Å². The normalized spacial score (nSPS) is 11.6. The molecule has 0 aliphatic rings. The minimum absolute atomic E-state index is 0.879. The van der Waals surface area contributed by atoms with Crippen molar-refractivity contribution in [3.63, 3.8) is 0 Å². The molecule has 0 fully saturated rings. The van der Waals surface area contributed by atoms with E-state index in [2.05, 4.69) is 217 Å². The zero-order chi connectivity index (χ0) is 37.0. The molecule has 0 radical (unpaired) electrons. The molecule has 0 amide bonds. The van der Waals surface area contributed by atoms with Gasteiger partial charge in [-0.3, -0.25) is 0 Å². The van der Waals surface area contributed by atoms with E-state index in [0.717, 1.165) is 61.3 Å². The molecule has 2 heteroatoms. The molecule has 262 valence electrons. The summed E-state index contributed by atoms with van der Waals surface area (Å²) in [6.45, 7) is 0. The summed E-state index contributed by atoms with van der Waals surface area (Å²) in [5.74, 6) is 0. The van der Waals surface area contributed by atoms with Gasteiger partial charge in [-0.15, -0.1) is 0 Å². The third-order valence-electron chi connectivity index (χ3n) is 11.3. The van der Waals surface area contributed by atoms with Crippen LogP contribution in [0.5, 0.6) is 0 Å². The molecule has 2 nitrogen and oxygen atoms in total. The Labute approximate surface area is 325 Å². The van der Waals surface area contributed by atoms with Gasteiger partial charge in [-0.2, -0.15) is 0 Å². The van der Waals surface area contributed by atoms with Crippen LogP contribution in [0, 0.1) is 0 Å². The topological polar surface area (TPSA) is 16.4 Å². The molecule has 1 heterocycles. The van der Waals surface area contributed by atoms with E-state index in [1.165, 1.54) is 43.4 Å². The zero-order valence-electron chi connectivity index (χ0n) is 30.6. The van der Waals surface area contributed by atoms with Gasteiger partial charge in [0.25, 0.3) is 0 Å². The summed E-state index contributed by atoms with van der Waals surface area (Å²) in [4.78, 5) is 2.48. The molecule has 0 atom stereocenters. The van der Waals surface area contributed by atoms with Gasteiger partial charge >= 0.3 is 0 Å². The molecule has 11 rings (SSSR count). The fourth-order valence-corrected chi connectivity index (χ4v) is 8.63. The predicted octanol–water partition coefficient (Wildman–Crippen LogP) is 15.5. The maximum Gasteiger partial charge on any atom is 0.136 e. The summed E-state index contributed by atoms with van der Waals surface area (Å²) in [7, 11) is 0. The lowest BCUT2D eigenvalue weighted by molar-refractivity contribution is 0.669. The fraction of sp³-hybridized carbons (Fsp3) is 0. The van der Waals surface area contributed by atoms with Crippen LogP contribution in [0.1, 0.15) is 0 Å². The number of benzene rings is 10. The minimum atomic E-state index is 0.879. The number of para-hydroxylation sites is 2. The lowest BCUT2D eigenvalue weighted by atomic mass is 9.94. The molecule has 56 heavy (non-hydrogen) atoms. The second kappa shape index (κ2) is 13.2. The molecule has 0 spiro atoms. The van der Waals surface area contributed by atoms with Crippen molar-refractivity contribution in [2.75, 3.05) is 4.90 Å². The molecular weight excluding hydrogens is 679 g/mol. The van der Waals surface area contributed by atoms with Crippen LogP contribution < -0.4 is 4.90 Å². The van der Waals surface area contributed by atoms with Crippen LogP contribution in [0.3, 0.4) is 0 Å². The highest BCUT2D eigenvalue weighted by Gasteiger charge is 2.24. The van der Waals surface area contributed by atoms with E-state index in [1.807, 2.05) is 0 Å². The van der Waals surface area contributed by atoms with Gasteiger partial charge in [0.2, 0.25) is 0 Å². The average molecular weight is 714 g/mol. The van der Waals surface area contributed by atoms with Gasteiger partial charge in [0, 0.05) is 27.3 Å². The van der Waals surface area contributed by atoms with E-state index in [1.54, 1.807) is 0 Å². The van der Waals surface area contributed by atoms with E-state index >= 15 is 0 Å². The third-order valence-corrected chi connectivity index (χ3v) is 11.3. The summed E-state index contributed by atoms with van der Waals surface area (Å²) < 4.78 is 6.60. The minimum Gasteiger partial charge on any atom is -0.456 e. The Kier molecular flexibility index (Phi) is 7.53. The molecule has 10 aromatic carbocycles. The number of hydrogen-bond acceptors (Lipinski definition) is 2. The van der Waals surface area contributed by atoms with Crippen molar-refractivity contribution in [3.05, 3.63) is 212 Å². The lowest BCUT2D eigenvalue weighted by Gasteiger charge is -2.31. The SMILES string of the molecule is c1ccc(-c2ccc(-c3ccccc3N(c3ccccc3-c3cccc4oc5cc6ccccc6cc5c34)c3cccc4c3ccc3ccccc34)cc2)cc1. The van der Waals surface area contributed by atoms with Gasteiger partial charge in [0.1, 0.15) is 11.2 Å². The van der Waals surface area contributed by atoms with E-state index in [0.29, 0.717) is 0 Å². The Bertz CT molecular complexity index is 3250. The summed E-state index contributed by atoms with van der Waals surface area (Å²) in [6.07, 6.45) is 0. The molecule has 0 N–H and O–H groups in total. The van der Waals surface area contributed by atoms with Crippen molar-refractivity contribution in [3.8, 4) is 33.4 Å². The van der Waals surface area contributed by atoms with Crippen molar-refractivity contribution >= 4 is 71.3 Å². The predicted molar refractivity (Wildman–Crippen MR) is 237 cm³/mol. The summed E-state index contributed by atoms with van der Waals surface area (Å²) in [6, 6.07) is 76.6. The van der Waals surface area contributed by atoms with Crippen LogP contribution in [0.25, 0.3) is 87.6 Å². The Morgan fingerprint density at radius 2 is 0.857 bits per heavy atom. The molecule has 0 aliphatic carbocycles. The van der Waals surface area contributed by atoms with Crippen molar-refractivity contribution in [2.45, 2.75) is 0 Å². The standard InChI is InChI=1S/C54H35NO/c1-2-14-36(15-3-1)37-28-30-39(31-29-37)43-20-8-10-24-49(43)55(51-26-12-22-44-42-19-7-6-16-38(42)32-33-46(44)51)50-25-11-9-21-45(50)47-23-13-27-52-54(47)48-34-40-17-4-5-18-41(40)35-53(48)56-52/h1-35H. The number of nitrogens with zero attached hydrogens (tertiary/aromatic N) is 1. The number of fused-ring (bicyclic) bond motifs is 7. The Morgan fingerprint density at radius 1 is 0.286 bits per heavy atom. The quantitative estimate of drug-likeness (QED) is 0.160. The number of rotatable bonds is 6. The van der Waals surface area contributed by atoms with E-state index < -0.39 is 0 Å². The first-order valence-corrected chi connectivity index (χ1v) is 19.2. The Hall–Kier alpha value is -7.42. The van der Waals surface area contributed by atoms with Gasteiger partial charge in [0.15, 0.2) is 0 Å². The van der Waals surface area contributed by atoms with Crippen LogP contribution >= 0.6 is 0 Å². The third kappa shape index (κ3) is 5.26. The largest absolute Gasteiger partial charge is 0.456 e. The molecule has 0 aliphatic heterocycles. The van der Waals surface area contributed by atoms with Gasteiger partial charge in [0.05, 0.1) is 17.1 Å². The highest BCUT2D eigenvalue weighted by Crippen LogP contribution is 2.49. The second-order valence-electron chi connectivity index (χ2n) is 14.4. The molecular formula is C54H35NO. The molecule has 0 unspecified atom stereocenters. The van der Waals surface area contributed by atoms with E-state index in [-0.39, 0.29) is 0 Å². The van der Waals surface area contributed by atoms with E-state index in [9.17, 15) is 0 Å². The maximum atomic E-state index is 6.60. The zero-order valence-corrected chi connectivity index (χ0v) is 30.6. The summed E-state index contributed by atoms with van der Waals surface area (Å²) in [5, 5.41) is 9.49. The number of hydrogen-bond donors (Lipinski definition) is 0. The second-order valence-corrected chi connectivity index (χ2v) is 14.4. The van der Waals surface area contributed by atoms with Gasteiger partial charge < -0.3 is 9.32 Å². The molecule has 1 aromatic heterocycles. The van der Waals surface area contributed by atoms with Gasteiger partial charge in [-0.1, -0.05) is 176 Å². The fourth-order valence-electron chi connectivity index (χ4n) is 8.63. The Balaban J connectivity index is 1.18. The van der Waals surface area contributed by atoms with Crippen molar-refractivity contribution in [2.24, 2.45) is 0 Å². The monoisotopic (exact) mass is 713 g/mol. The first-order valence-electron chi connectivity index (χ1n) is 19.2. The van der Waals surface area contributed by atoms with Crippen molar-refractivity contribution < 1.29 is 4.42 Å². The highest BCUT2D eigenvalue weighted by atomic mass is 16.3. The summed E-state index contributed by atoms with van der Waals surface area (Å²) in [5.41, 5.74) is 12.0. The molecule has 11 aromatic rings. The van der Waals surface area contributed by atoms with Crippen molar-refractivity contribution in [1.29, 1.82) is 0 Å². The first kappa shape index (κ1) is 32.0. The van der Waals surface area contributed by atoms with Gasteiger partial charge in [-0.25, -0.2) is 0 Å². The van der Waals surface area contributed by atoms with Crippen LogP contribution in [0.2, 0.25) is 0 Å².